The lowest BCUT2D eigenvalue weighted by atomic mass is 9.79. The second kappa shape index (κ2) is 10.9. The third kappa shape index (κ3) is 5.20. The Labute approximate surface area is 192 Å². The zero-order valence-electron chi connectivity index (χ0n) is 14.9. The third-order valence-electron chi connectivity index (χ3n) is 6.83. The minimum atomic E-state index is -0.156. The van der Waals surface area contributed by atoms with Crippen LogP contribution in [0.2, 0.25) is 0 Å². The molecule has 4 bridgehead atoms. The van der Waals surface area contributed by atoms with Gasteiger partial charge in [-0.1, -0.05) is 91.4 Å². The van der Waals surface area contributed by atoms with Gasteiger partial charge in [0.2, 0.25) is 0 Å². The van der Waals surface area contributed by atoms with Gasteiger partial charge in [-0.25, -0.2) is 0 Å². The van der Waals surface area contributed by atoms with Crippen LogP contribution in [-0.4, -0.2) is 20.4 Å². The van der Waals surface area contributed by atoms with Crippen LogP contribution in [0.15, 0.2) is 24.3 Å². The summed E-state index contributed by atoms with van der Waals surface area (Å²) in [6, 6.07) is 0. The summed E-state index contributed by atoms with van der Waals surface area (Å²) in [6.07, 6.45) is 13.4. The molecule has 0 amide bonds. The molecule has 6 unspecified atom stereocenters. The first-order valence-corrected chi connectivity index (χ1v) is 12.3. The summed E-state index contributed by atoms with van der Waals surface area (Å²) in [5.41, 5.74) is -0.312. The monoisotopic (exact) mass is 458 g/mol. The van der Waals surface area contributed by atoms with Gasteiger partial charge >= 0.3 is 0 Å². The van der Waals surface area contributed by atoms with Gasteiger partial charge in [0.1, 0.15) is 0 Å². The van der Waals surface area contributed by atoms with Gasteiger partial charge in [0.15, 0.2) is 10.2 Å². The van der Waals surface area contributed by atoms with Crippen molar-refractivity contribution in [2.45, 2.75) is 69.2 Å². The predicted molar refractivity (Wildman–Crippen MR) is 136 cm³/mol. The third-order valence-corrected chi connectivity index (χ3v) is 10.6. The maximum absolute atomic E-state index is 12.6. The van der Waals surface area contributed by atoms with Gasteiger partial charge in [-0.2, -0.15) is 0 Å². The minimum absolute atomic E-state index is 0. The standard InChI is InChI=1S/C20H26O2S3.4CH4/c1-19(9-13-3-5-15(19)7-13)17(21)24-11-23-12-25-18(22)20(2)10-14-4-6-16(20)8-14;;;;/h3-6,13-16H,7-12H2,1-2H3;4*1H4. The molecule has 2 fully saturated rings. The molecular weight excluding hydrogens is 416 g/mol. The number of rotatable bonds is 6. The molecule has 0 aliphatic heterocycles. The van der Waals surface area contributed by atoms with Gasteiger partial charge in [0, 0.05) is 21.0 Å². The molecule has 0 saturated heterocycles. The molecule has 0 spiro atoms. The Kier molecular flexibility index (Phi) is 10.9. The summed E-state index contributed by atoms with van der Waals surface area (Å²) >= 11 is 4.64. The highest BCUT2D eigenvalue weighted by molar-refractivity contribution is 8.30. The number of carbonyl (C=O) groups excluding carboxylic acids is 2. The Morgan fingerprint density at radius 3 is 1.41 bits per heavy atom. The molecular formula is C24H42O2S3. The van der Waals surface area contributed by atoms with E-state index in [-0.39, 0.29) is 40.5 Å². The van der Waals surface area contributed by atoms with E-state index in [1.54, 1.807) is 11.8 Å². The first-order chi connectivity index (χ1) is 11.9. The van der Waals surface area contributed by atoms with Crippen LogP contribution in [0.3, 0.4) is 0 Å². The summed E-state index contributed by atoms with van der Waals surface area (Å²) in [7, 11) is 0. The van der Waals surface area contributed by atoms with Gasteiger partial charge in [-0.05, 0) is 49.4 Å². The summed E-state index contributed by atoms with van der Waals surface area (Å²) in [6.45, 7) is 4.28. The predicted octanol–water partition coefficient (Wildman–Crippen LogP) is 7.90. The lowest BCUT2D eigenvalue weighted by molar-refractivity contribution is -0.120. The average molecular weight is 459 g/mol. The van der Waals surface area contributed by atoms with Crippen molar-refractivity contribution in [2.75, 3.05) is 10.2 Å². The van der Waals surface area contributed by atoms with Crippen molar-refractivity contribution < 1.29 is 9.59 Å². The molecule has 168 valence electrons. The highest BCUT2D eigenvalue weighted by Crippen LogP contribution is 2.55. The van der Waals surface area contributed by atoms with Crippen molar-refractivity contribution in [2.24, 2.45) is 34.5 Å². The van der Waals surface area contributed by atoms with E-state index < -0.39 is 0 Å². The molecule has 0 aromatic rings. The lowest BCUT2D eigenvalue weighted by Crippen LogP contribution is -2.30. The molecule has 0 aromatic heterocycles. The van der Waals surface area contributed by atoms with Crippen molar-refractivity contribution in [3.05, 3.63) is 24.3 Å². The molecule has 0 N–H and O–H groups in total. The van der Waals surface area contributed by atoms with Crippen LogP contribution < -0.4 is 0 Å². The van der Waals surface area contributed by atoms with Crippen molar-refractivity contribution in [3.8, 4) is 0 Å². The van der Waals surface area contributed by atoms with E-state index in [4.69, 9.17) is 0 Å². The van der Waals surface area contributed by atoms with Crippen LogP contribution in [0.1, 0.15) is 69.2 Å². The second-order valence-electron chi connectivity index (χ2n) is 8.52. The largest absolute Gasteiger partial charge is 0.287 e. The molecule has 4 aliphatic carbocycles. The van der Waals surface area contributed by atoms with Gasteiger partial charge in [-0.3, -0.25) is 9.59 Å². The van der Waals surface area contributed by atoms with Crippen molar-refractivity contribution in [1.29, 1.82) is 0 Å². The van der Waals surface area contributed by atoms with Gasteiger partial charge in [-0.15, -0.1) is 11.8 Å². The lowest BCUT2D eigenvalue weighted by Gasteiger charge is -2.29. The Hall–Kier alpha value is -0.130. The van der Waals surface area contributed by atoms with E-state index in [0.717, 1.165) is 35.9 Å². The SMILES string of the molecule is C.C.C.C.CC1(C(=O)SCSCSC(=O)C2(C)CC3C=CC2C3)CC2C=CC1C2. The average Bonchev–Trinajstić information content (AvgIpc) is 3.34. The van der Waals surface area contributed by atoms with E-state index in [1.807, 2.05) is 0 Å². The minimum Gasteiger partial charge on any atom is -0.287 e. The number of fused-ring (bicyclic) bond motifs is 4. The topological polar surface area (TPSA) is 34.1 Å². The fourth-order valence-electron chi connectivity index (χ4n) is 5.21. The van der Waals surface area contributed by atoms with Gasteiger partial charge in [0.05, 0.1) is 0 Å². The van der Waals surface area contributed by atoms with E-state index in [9.17, 15) is 9.59 Å². The summed E-state index contributed by atoms with van der Waals surface area (Å²) in [4.78, 5) is 25.3. The maximum Gasteiger partial charge on any atom is 0.196 e. The molecule has 0 radical (unpaired) electrons. The van der Waals surface area contributed by atoms with E-state index in [0.29, 0.717) is 33.9 Å². The molecule has 0 aromatic carbocycles. The molecule has 2 nitrogen and oxygen atoms in total. The van der Waals surface area contributed by atoms with E-state index >= 15 is 0 Å². The second-order valence-corrected chi connectivity index (χ2v) is 12.1. The zero-order valence-corrected chi connectivity index (χ0v) is 17.4. The Bertz CT molecular complexity index is 590. The maximum atomic E-state index is 12.6. The van der Waals surface area contributed by atoms with Crippen LogP contribution in [0.25, 0.3) is 0 Å². The summed E-state index contributed by atoms with van der Waals surface area (Å²) < 4.78 is 0. The van der Waals surface area contributed by atoms with Crippen LogP contribution in [0, 0.1) is 34.5 Å². The van der Waals surface area contributed by atoms with Gasteiger partial charge in [0.25, 0.3) is 0 Å². The smallest absolute Gasteiger partial charge is 0.196 e. The quantitative estimate of drug-likeness (QED) is 0.229. The van der Waals surface area contributed by atoms with Crippen LogP contribution in [0.4, 0.5) is 0 Å². The Balaban J connectivity index is 0.00000196. The van der Waals surface area contributed by atoms with Crippen molar-refractivity contribution in [3.63, 3.8) is 0 Å². The molecule has 29 heavy (non-hydrogen) atoms. The first-order valence-electron chi connectivity index (χ1n) is 9.21. The van der Waals surface area contributed by atoms with Crippen LogP contribution in [-0.2, 0) is 9.59 Å². The first kappa shape index (κ1) is 28.9. The summed E-state index contributed by atoms with van der Waals surface area (Å²) in [5.74, 6) is 2.14. The molecule has 4 aliphatic rings. The fourth-order valence-corrected chi connectivity index (χ4v) is 8.75. The normalized spacial score (nSPS) is 37.3. The Morgan fingerprint density at radius 2 is 1.14 bits per heavy atom. The zero-order chi connectivity index (χ0) is 17.7. The number of allylic oxidation sites excluding steroid dienone is 4. The summed E-state index contributed by atoms with van der Waals surface area (Å²) in [5, 5.41) is 2.22. The molecule has 2 saturated carbocycles. The van der Waals surface area contributed by atoms with Crippen molar-refractivity contribution >= 4 is 45.5 Å². The van der Waals surface area contributed by atoms with Crippen LogP contribution >= 0.6 is 35.3 Å². The highest BCUT2D eigenvalue weighted by Gasteiger charge is 2.50. The number of carbonyl (C=O) groups is 2. The molecule has 5 heteroatoms. The number of hydrogen-bond acceptors (Lipinski definition) is 5. The molecule has 6 atom stereocenters. The number of hydrogen-bond donors (Lipinski definition) is 0. The van der Waals surface area contributed by atoms with Crippen LogP contribution in [0.5, 0.6) is 0 Å². The van der Waals surface area contributed by atoms with Gasteiger partial charge < -0.3 is 0 Å². The van der Waals surface area contributed by atoms with E-state index in [2.05, 4.69) is 38.2 Å². The fraction of sp³-hybridized carbons (Fsp3) is 0.750. The molecule has 0 heterocycles. The highest BCUT2D eigenvalue weighted by atomic mass is 32.2. The van der Waals surface area contributed by atoms with Crippen molar-refractivity contribution in [1.82, 2.24) is 0 Å². The Morgan fingerprint density at radius 1 is 0.759 bits per heavy atom. The number of thioether (sulfide) groups is 3. The molecule has 4 rings (SSSR count). The van der Waals surface area contributed by atoms with E-state index in [1.165, 1.54) is 23.5 Å².